The summed E-state index contributed by atoms with van der Waals surface area (Å²) in [5.74, 6) is -0.0736. The third kappa shape index (κ3) is 3.85. The van der Waals surface area contributed by atoms with Crippen LogP contribution in [0.15, 0.2) is 24.3 Å². The van der Waals surface area contributed by atoms with Crippen molar-refractivity contribution in [1.29, 1.82) is 0 Å². The molecule has 2 rings (SSSR count). The second-order valence-electron chi connectivity index (χ2n) is 5.84. The number of nitrogens with one attached hydrogen (secondary N) is 3. The van der Waals surface area contributed by atoms with E-state index in [0.29, 0.717) is 18.7 Å². The molecule has 0 spiro atoms. The first-order chi connectivity index (χ1) is 10.6. The fourth-order valence-corrected chi connectivity index (χ4v) is 2.79. The molecule has 22 heavy (non-hydrogen) atoms. The second kappa shape index (κ2) is 7.40. The molecule has 1 fully saturated rings. The number of rotatable bonds is 6. The average molecular weight is 303 g/mol. The van der Waals surface area contributed by atoms with E-state index >= 15 is 0 Å². The standard InChI is InChI=1S/C17H25N3O2/c1-3-17(9-4-10-20-17)16(22)19-12-11-18-15(21)14-7-5-13(2)6-8-14/h5-8,20H,3-4,9-12H2,1-2H3,(H,18,21)(H,19,22). The molecule has 1 atom stereocenters. The van der Waals surface area contributed by atoms with Crippen LogP contribution in [0.3, 0.4) is 0 Å². The fourth-order valence-electron chi connectivity index (χ4n) is 2.79. The molecule has 0 bridgehead atoms. The van der Waals surface area contributed by atoms with E-state index < -0.39 is 5.54 Å². The smallest absolute Gasteiger partial charge is 0.251 e. The van der Waals surface area contributed by atoms with Gasteiger partial charge in [-0.25, -0.2) is 0 Å². The molecule has 1 aliphatic rings. The van der Waals surface area contributed by atoms with Gasteiger partial charge in [0.2, 0.25) is 5.91 Å². The Balaban J connectivity index is 1.73. The van der Waals surface area contributed by atoms with Gasteiger partial charge < -0.3 is 16.0 Å². The van der Waals surface area contributed by atoms with Crippen LogP contribution in [0.2, 0.25) is 0 Å². The lowest BCUT2D eigenvalue weighted by Gasteiger charge is -2.26. The minimum absolute atomic E-state index is 0.0390. The van der Waals surface area contributed by atoms with Crippen molar-refractivity contribution in [2.45, 2.75) is 38.6 Å². The summed E-state index contributed by atoms with van der Waals surface area (Å²) in [5.41, 5.74) is 1.35. The van der Waals surface area contributed by atoms with Gasteiger partial charge in [0, 0.05) is 18.7 Å². The zero-order valence-electron chi connectivity index (χ0n) is 13.4. The van der Waals surface area contributed by atoms with E-state index in [1.54, 1.807) is 12.1 Å². The first kappa shape index (κ1) is 16.5. The van der Waals surface area contributed by atoms with E-state index in [-0.39, 0.29) is 11.8 Å². The number of aryl methyl sites for hydroxylation is 1. The van der Waals surface area contributed by atoms with Crippen molar-refractivity contribution in [2.75, 3.05) is 19.6 Å². The summed E-state index contributed by atoms with van der Waals surface area (Å²) in [4.78, 5) is 24.2. The van der Waals surface area contributed by atoms with Crippen LogP contribution < -0.4 is 16.0 Å². The largest absolute Gasteiger partial charge is 0.353 e. The average Bonchev–Trinajstić information content (AvgIpc) is 3.02. The highest BCUT2D eigenvalue weighted by Gasteiger charge is 2.38. The summed E-state index contributed by atoms with van der Waals surface area (Å²) in [7, 11) is 0. The topological polar surface area (TPSA) is 70.2 Å². The van der Waals surface area contributed by atoms with Gasteiger partial charge in [-0.15, -0.1) is 0 Å². The highest BCUT2D eigenvalue weighted by molar-refractivity contribution is 5.94. The van der Waals surface area contributed by atoms with E-state index in [0.717, 1.165) is 31.4 Å². The van der Waals surface area contributed by atoms with Gasteiger partial charge in [0.15, 0.2) is 0 Å². The molecule has 120 valence electrons. The molecule has 3 N–H and O–H groups in total. The Morgan fingerprint density at radius 2 is 1.86 bits per heavy atom. The molecule has 1 heterocycles. The SMILES string of the molecule is CCC1(C(=O)NCCNC(=O)c2ccc(C)cc2)CCCN1. The van der Waals surface area contributed by atoms with Gasteiger partial charge in [-0.2, -0.15) is 0 Å². The van der Waals surface area contributed by atoms with Gasteiger partial charge in [0.1, 0.15) is 0 Å². The summed E-state index contributed by atoms with van der Waals surface area (Å²) in [6.45, 7) is 5.78. The summed E-state index contributed by atoms with van der Waals surface area (Å²) in [6.07, 6.45) is 2.70. The Hall–Kier alpha value is -1.88. The van der Waals surface area contributed by atoms with Crippen molar-refractivity contribution in [2.24, 2.45) is 0 Å². The van der Waals surface area contributed by atoms with Crippen LogP contribution >= 0.6 is 0 Å². The zero-order chi connectivity index (χ0) is 16.0. The van der Waals surface area contributed by atoms with E-state index in [1.807, 2.05) is 26.0 Å². The van der Waals surface area contributed by atoms with Crippen LogP contribution in [-0.4, -0.2) is 37.0 Å². The molecule has 0 aromatic heterocycles. The number of hydrogen-bond acceptors (Lipinski definition) is 3. The lowest BCUT2D eigenvalue weighted by molar-refractivity contribution is -0.127. The Kier molecular flexibility index (Phi) is 5.55. The van der Waals surface area contributed by atoms with E-state index in [9.17, 15) is 9.59 Å². The van der Waals surface area contributed by atoms with Crippen molar-refractivity contribution in [3.8, 4) is 0 Å². The number of amides is 2. The van der Waals surface area contributed by atoms with Crippen molar-refractivity contribution in [3.63, 3.8) is 0 Å². The van der Waals surface area contributed by atoms with Crippen LogP contribution in [0.5, 0.6) is 0 Å². The van der Waals surface area contributed by atoms with E-state index in [2.05, 4.69) is 16.0 Å². The molecule has 1 aliphatic heterocycles. The minimum Gasteiger partial charge on any atom is -0.353 e. The molecule has 1 aromatic carbocycles. The first-order valence-electron chi connectivity index (χ1n) is 7.95. The molecule has 1 aromatic rings. The molecular formula is C17H25N3O2. The monoisotopic (exact) mass is 303 g/mol. The lowest BCUT2D eigenvalue weighted by Crippen LogP contribution is -2.54. The normalized spacial score (nSPS) is 20.6. The van der Waals surface area contributed by atoms with Gasteiger partial charge in [-0.1, -0.05) is 24.6 Å². The second-order valence-corrected chi connectivity index (χ2v) is 5.84. The van der Waals surface area contributed by atoms with Gasteiger partial charge in [0.25, 0.3) is 5.91 Å². The van der Waals surface area contributed by atoms with Crippen LogP contribution in [0.25, 0.3) is 0 Å². The molecule has 5 heteroatoms. The lowest BCUT2D eigenvalue weighted by atomic mass is 9.93. The molecule has 0 saturated carbocycles. The maximum atomic E-state index is 12.3. The molecule has 0 radical (unpaired) electrons. The Morgan fingerprint density at radius 1 is 1.18 bits per heavy atom. The molecule has 1 unspecified atom stereocenters. The van der Waals surface area contributed by atoms with Crippen LogP contribution in [0.4, 0.5) is 0 Å². The van der Waals surface area contributed by atoms with Gasteiger partial charge in [-0.05, 0) is 44.9 Å². The first-order valence-corrected chi connectivity index (χ1v) is 7.95. The summed E-state index contributed by atoms with van der Waals surface area (Å²) in [5, 5.41) is 9.04. The molecular weight excluding hydrogens is 278 g/mol. The van der Waals surface area contributed by atoms with Gasteiger partial charge in [0.05, 0.1) is 5.54 Å². The maximum absolute atomic E-state index is 12.3. The van der Waals surface area contributed by atoms with E-state index in [1.165, 1.54) is 0 Å². The third-order valence-corrected chi connectivity index (χ3v) is 4.29. The van der Waals surface area contributed by atoms with Crippen molar-refractivity contribution >= 4 is 11.8 Å². The van der Waals surface area contributed by atoms with Crippen LogP contribution in [0, 0.1) is 6.92 Å². The fraction of sp³-hybridized carbons (Fsp3) is 0.529. The Bertz CT molecular complexity index is 519. The number of benzene rings is 1. The molecule has 1 saturated heterocycles. The minimum atomic E-state index is -0.416. The molecule has 0 aliphatic carbocycles. The summed E-state index contributed by atoms with van der Waals surface area (Å²) >= 11 is 0. The van der Waals surface area contributed by atoms with Crippen LogP contribution in [0.1, 0.15) is 42.1 Å². The molecule has 2 amide bonds. The molecule has 5 nitrogen and oxygen atoms in total. The van der Waals surface area contributed by atoms with Crippen molar-refractivity contribution in [3.05, 3.63) is 35.4 Å². The highest BCUT2D eigenvalue weighted by atomic mass is 16.2. The van der Waals surface area contributed by atoms with E-state index in [4.69, 9.17) is 0 Å². The van der Waals surface area contributed by atoms with Crippen molar-refractivity contribution < 1.29 is 9.59 Å². The van der Waals surface area contributed by atoms with Gasteiger partial charge >= 0.3 is 0 Å². The van der Waals surface area contributed by atoms with Crippen molar-refractivity contribution in [1.82, 2.24) is 16.0 Å². The third-order valence-electron chi connectivity index (χ3n) is 4.29. The summed E-state index contributed by atoms with van der Waals surface area (Å²) in [6, 6.07) is 7.43. The van der Waals surface area contributed by atoms with Crippen LogP contribution in [-0.2, 0) is 4.79 Å². The predicted octanol–water partition coefficient (Wildman–Crippen LogP) is 1.37. The van der Waals surface area contributed by atoms with Gasteiger partial charge in [-0.3, -0.25) is 9.59 Å². The Morgan fingerprint density at radius 3 is 2.45 bits per heavy atom. The maximum Gasteiger partial charge on any atom is 0.251 e. The zero-order valence-corrected chi connectivity index (χ0v) is 13.4. The quantitative estimate of drug-likeness (QED) is 0.695. The highest BCUT2D eigenvalue weighted by Crippen LogP contribution is 2.22. The summed E-state index contributed by atoms with van der Waals surface area (Å²) < 4.78 is 0. The number of carbonyl (C=O) groups is 2. The Labute approximate surface area is 131 Å². The predicted molar refractivity (Wildman–Crippen MR) is 86.8 cm³/mol. The number of hydrogen-bond donors (Lipinski definition) is 3. The number of carbonyl (C=O) groups excluding carboxylic acids is 2.